The zero-order valence-electron chi connectivity index (χ0n) is 20.5. The van der Waals surface area contributed by atoms with Crippen LogP contribution in [-0.4, -0.2) is 62.7 Å². The van der Waals surface area contributed by atoms with E-state index in [1.807, 2.05) is 12.1 Å². The molecular weight excluding hydrogens is 490 g/mol. The topological polar surface area (TPSA) is 150 Å². The van der Waals surface area contributed by atoms with Crippen molar-refractivity contribution in [1.29, 1.82) is 0 Å². The van der Waals surface area contributed by atoms with Gasteiger partial charge < -0.3 is 35.2 Å². The van der Waals surface area contributed by atoms with Gasteiger partial charge in [0.05, 0.1) is 23.6 Å². The van der Waals surface area contributed by atoms with E-state index in [9.17, 15) is 18.3 Å². The summed E-state index contributed by atoms with van der Waals surface area (Å²) in [6.45, 7) is 5.83. The van der Waals surface area contributed by atoms with Crippen LogP contribution in [0.5, 0.6) is 17.2 Å². The fourth-order valence-corrected chi connectivity index (χ4v) is 4.79. The van der Waals surface area contributed by atoms with Crippen LogP contribution in [0.4, 0.5) is 4.79 Å². The van der Waals surface area contributed by atoms with Crippen LogP contribution < -0.4 is 25.3 Å². The van der Waals surface area contributed by atoms with Gasteiger partial charge in [-0.1, -0.05) is 26.0 Å². The molecule has 2 atom stereocenters. The lowest BCUT2D eigenvalue weighted by atomic mass is 10.0. The summed E-state index contributed by atoms with van der Waals surface area (Å²) in [5.74, 6) is 1.23. The summed E-state index contributed by atoms with van der Waals surface area (Å²) in [6, 6.07) is 10.6. The van der Waals surface area contributed by atoms with Crippen LogP contribution in [0, 0.1) is 5.92 Å². The van der Waals surface area contributed by atoms with Crippen LogP contribution in [-0.2, 0) is 21.3 Å². The van der Waals surface area contributed by atoms with Crippen molar-refractivity contribution >= 4 is 16.1 Å². The molecule has 0 radical (unpaired) electrons. The number of aliphatic hydroxyl groups is 1. The summed E-state index contributed by atoms with van der Waals surface area (Å²) in [6.07, 6.45) is -1.66. The summed E-state index contributed by atoms with van der Waals surface area (Å²) in [7, 11) is -4.21. The van der Waals surface area contributed by atoms with Crippen molar-refractivity contribution in [3.8, 4) is 17.2 Å². The van der Waals surface area contributed by atoms with E-state index in [0.717, 1.165) is 5.56 Å². The normalized spacial score (nSPS) is 14.5. The molecule has 198 valence electrons. The third-order valence-corrected chi connectivity index (χ3v) is 6.87. The van der Waals surface area contributed by atoms with Gasteiger partial charge in [-0.05, 0) is 53.6 Å². The van der Waals surface area contributed by atoms with Crippen LogP contribution in [0.1, 0.15) is 26.3 Å². The molecule has 2 aromatic rings. The molecule has 0 saturated carbocycles. The zero-order valence-corrected chi connectivity index (χ0v) is 21.4. The average Bonchev–Trinajstić information content (AvgIpc) is 3.30. The van der Waals surface area contributed by atoms with Crippen LogP contribution in [0.3, 0.4) is 0 Å². The summed E-state index contributed by atoms with van der Waals surface area (Å²) in [5.41, 5.74) is 6.26. The fourth-order valence-electron chi connectivity index (χ4n) is 3.40. The second kappa shape index (κ2) is 12.3. The van der Waals surface area contributed by atoms with Gasteiger partial charge in [0.25, 0.3) is 10.0 Å². The highest BCUT2D eigenvalue weighted by Crippen LogP contribution is 2.34. The van der Waals surface area contributed by atoms with Crippen molar-refractivity contribution in [2.75, 3.05) is 26.5 Å². The minimum atomic E-state index is -4.21. The quantitative estimate of drug-likeness (QED) is 0.355. The summed E-state index contributed by atoms with van der Waals surface area (Å²) in [5, 5.41) is 12.8. The molecule has 0 bridgehead atoms. The number of carbonyl (C=O) groups is 1. The molecule has 0 spiro atoms. The van der Waals surface area contributed by atoms with Crippen molar-refractivity contribution in [3.05, 3.63) is 48.0 Å². The van der Waals surface area contributed by atoms with Gasteiger partial charge in [-0.25, -0.2) is 13.2 Å². The Bertz CT molecular complexity index is 1120. The van der Waals surface area contributed by atoms with Crippen molar-refractivity contribution in [3.63, 3.8) is 0 Å². The number of hydroxylamine groups is 1. The first-order valence-electron chi connectivity index (χ1n) is 11.6. The molecule has 0 fully saturated rings. The van der Waals surface area contributed by atoms with E-state index in [1.165, 1.54) is 25.1 Å². The number of ether oxygens (including phenoxy) is 3. The van der Waals surface area contributed by atoms with Gasteiger partial charge in [0.1, 0.15) is 12.4 Å². The second-order valence-corrected chi connectivity index (χ2v) is 10.6. The molecule has 4 N–H and O–H groups in total. The Balaban J connectivity index is 1.70. The molecule has 1 heterocycles. The lowest BCUT2D eigenvalue weighted by Gasteiger charge is -2.25. The Morgan fingerprint density at radius 3 is 2.47 bits per heavy atom. The highest BCUT2D eigenvalue weighted by Gasteiger charge is 2.32. The maximum Gasteiger partial charge on any atom is 0.427 e. The third kappa shape index (κ3) is 7.23. The molecular formula is C24H33N3O8S. The number of rotatable bonds is 12. The van der Waals surface area contributed by atoms with E-state index < -0.39 is 28.3 Å². The molecule has 0 aromatic heterocycles. The fraction of sp³-hybridized carbons (Fsp3) is 0.458. The van der Waals surface area contributed by atoms with Gasteiger partial charge in [0.15, 0.2) is 11.5 Å². The third-order valence-electron chi connectivity index (χ3n) is 5.26. The monoisotopic (exact) mass is 523 g/mol. The Hall–Kier alpha value is -3.06. The van der Waals surface area contributed by atoms with Gasteiger partial charge in [-0.3, -0.25) is 0 Å². The highest BCUT2D eigenvalue weighted by atomic mass is 32.2. The molecule has 1 aliphatic rings. The second-order valence-electron chi connectivity index (χ2n) is 8.75. The molecule has 12 heteroatoms. The van der Waals surface area contributed by atoms with Crippen LogP contribution in [0.2, 0.25) is 0 Å². The molecule has 0 saturated heterocycles. The van der Waals surface area contributed by atoms with Gasteiger partial charge >= 0.3 is 6.09 Å². The van der Waals surface area contributed by atoms with Crippen molar-refractivity contribution < 1.29 is 37.4 Å². The van der Waals surface area contributed by atoms with Gasteiger partial charge in [-0.2, -0.15) is 0 Å². The smallest absolute Gasteiger partial charge is 0.427 e. The molecule has 0 aliphatic carbocycles. The number of fused-ring (bicyclic) bond motifs is 1. The predicted molar refractivity (Wildman–Crippen MR) is 131 cm³/mol. The number of carbonyl (C=O) groups excluding carboxylic acids is 1. The SMILES string of the molecule is CC(C)CN(OC(=O)NC(Cc1ccc(OCCN)cc1)C(C)O)S(=O)(=O)c1ccc2c(c1)OCO2. The van der Waals surface area contributed by atoms with Crippen LogP contribution in [0.25, 0.3) is 0 Å². The Morgan fingerprint density at radius 1 is 1.14 bits per heavy atom. The zero-order chi connectivity index (χ0) is 26.3. The van der Waals surface area contributed by atoms with E-state index in [-0.39, 0.29) is 30.6 Å². The average molecular weight is 524 g/mol. The van der Waals surface area contributed by atoms with E-state index in [4.69, 9.17) is 24.8 Å². The molecule has 1 amide bonds. The highest BCUT2D eigenvalue weighted by molar-refractivity contribution is 7.89. The Kier molecular flexibility index (Phi) is 9.37. The van der Waals surface area contributed by atoms with Crippen LogP contribution >= 0.6 is 0 Å². The molecule has 36 heavy (non-hydrogen) atoms. The number of amides is 1. The van der Waals surface area contributed by atoms with Gasteiger partial charge in [0.2, 0.25) is 6.79 Å². The predicted octanol–water partition coefficient (Wildman–Crippen LogP) is 2.03. The van der Waals surface area contributed by atoms with E-state index >= 15 is 0 Å². The number of benzene rings is 2. The summed E-state index contributed by atoms with van der Waals surface area (Å²) in [4.78, 5) is 17.9. The summed E-state index contributed by atoms with van der Waals surface area (Å²) >= 11 is 0. The molecule has 2 aromatic carbocycles. The molecule has 1 aliphatic heterocycles. The number of nitrogens with one attached hydrogen (secondary N) is 1. The molecule has 3 rings (SSSR count). The first kappa shape index (κ1) is 27.5. The lowest BCUT2D eigenvalue weighted by molar-refractivity contribution is -0.0323. The molecule has 2 unspecified atom stereocenters. The first-order chi connectivity index (χ1) is 17.1. The van der Waals surface area contributed by atoms with Crippen molar-refractivity contribution in [2.24, 2.45) is 11.7 Å². The Labute approximate surface area is 211 Å². The van der Waals surface area contributed by atoms with Crippen molar-refractivity contribution in [2.45, 2.75) is 44.2 Å². The standard InChI is InChI=1S/C24H33N3O8S/c1-16(2)14-27(36(30,31)20-8-9-22-23(13-20)34-15-33-22)35-24(29)26-21(17(3)28)12-18-4-6-19(7-5-18)32-11-10-25/h4-9,13,16-17,21,28H,10-12,14-15,25H2,1-3H3,(H,26,29). The van der Waals surface area contributed by atoms with Gasteiger partial charge in [0, 0.05) is 12.6 Å². The minimum absolute atomic E-state index is 0.00235. The maximum absolute atomic E-state index is 13.3. The number of nitrogens with two attached hydrogens (primary N) is 1. The van der Waals surface area contributed by atoms with Gasteiger partial charge in [-0.15, -0.1) is 0 Å². The maximum atomic E-state index is 13.3. The molecule has 11 nitrogen and oxygen atoms in total. The van der Waals surface area contributed by atoms with E-state index in [2.05, 4.69) is 5.32 Å². The van der Waals surface area contributed by atoms with E-state index in [0.29, 0.717) is 34.9 Å². The van der Waals surface area contributed by atoms with E-state index in [1.54, 1.807) is 26.0 Å². The number of nitrogens with zero attached hydrogens (tertiary/aromatic N) is 1. The number of hydrogen-bond donors (Lipinski definition) is 3. The summed E-state index contributed by atoms with van der Waals surface area (Å²) < 4.78 is 43.2. The minimum Gasteiger partial charge on any atom is -0.492 e. The first-order valence-corrected chi connectivity index (χ1v) is 13.0. The van der Waals surface area contributed by atoms with Crippen molar-refractivity contribution in [1.82, 2.24) is 9.79 Å². The largest absolute Gasteiger partial charge is 0.492 e. The number of aliphatic hydroxyl groups excluding tert-OH is 1. The van der Waals surface area contributed by atoms with Crippen LogP contribution in [0.15, 0.2) is 47.4 Å². The lowest BCUT2D eigenvalue weighted by Crippen LogP contribution is -2.47. The Morgan fingerprint density at radius 2 is 1.83 bits per heavy atom. The number of sulfonamides is 1. The number of hydrogen-bond acceptors (Lipinski definition) is 9.